The molecular weight excluding hydrogens is 178 g/mol. The Morgan fingerprint density at radius 1 is 1.69 bits per heavy atom. The van der Waals surface area contributed by atoms with Crippen LogP contribution in [0.15, 0.2) is 10.8 Å². The van der Waals surface area contributed by atoms with E-state index in [0.29, 0.717) is 0 Å². The van der Waals surface area contributed by atoms with Gasteiger partial charge in [-0.25, -0.2) is 9.59 Å². The molecule has 70 valence electrons. The van der Waals surface area contributed by atoms with Gasteiger partial charge in [-0.2, -0.15) is 0 Å². The molecule has 1 aromatic heterocycles. The SMILES string of the molecule is CCOC(=O)c1nocc1C(=O)O. The van der Waals surface area contributed by atoms with Gasteiger partial charge in [-0.3, -0.25) is 0 Å². The van der Waals surface area contributed by atoms with Crippen LogP contribution in [0.3, 0.4) is 0 Å². The Hall–Kier alpha value is -1.85. The average molecular weight is 185 g/mol. The standard InChI is InChI=1S/C7H7NO5/c1-2-12-7(11)5-4(6(9)10)3-13-8-5/h3H,2H2,1H3,(H,9,10). The Labute approximate surface area is 73.1 Å². The van der Waals surface area contributed by atoms with Gasteiger partial charge >= 0.3 is 11.9 Å². The van der Waals surface area contributed by atoms with E-state index in [4.69, 9.17) is 5.11 Å². The molecule has 6 heteroatoms. The van der Waals surface area contributed by atoms with E-state index in [1.165, 1.54) is 0 Å². The molecule has 0 unspecified atom stereocenters. The van der Waals surface area contributed by atoms with Crippen LogP contribution < -0.4 is 0 Å². The summed E-state index contributed by atoms with van der Waals surface area (Å²) in [6, 6.07) is 0. The minimum Gasteiger partial charge on any atom is -0.477 e. The van der Waals surface area contributed by atoms with E-state index in [1.54, 1.807) is 6.92 Å². The number of aromatic carboxylic acids is 1. The van der Waals surface area contributed by atoms with Gasteiger partial charge in [0.25, 0.3) is 0 Å². The van der Waals surface area contributed by atoms with Gasteiger partial charge in [-0.1, -0.05) is 5.16 Å². The van der Waals surface area contributed by atoms with E-state index in [2.05, 4.69) is 14.4 Å². The summed E-state index contributed by atoms with van der Waals surface area (Å²) in [6.07, 6.45) is 0.884. The van der Waals surface area contributed by atoms with Gasteiger partial charge in [0.05, 0.1) is 6.61 Å². The number of nitrogens with zero attached hydrogens (tertiary/aromatic N) is 1. The molecule has 1 heterocycles. The van der Waals surface area contributed by atoms with E-state index in [9.17, 15) is 9.59 Å². The lowest BCUT2D eigenvalue weighted by Crippen LogP contribution is -2.10. The first kappa shape index (κ1) is 9.24. The van der Waals surface area contributed by atoms with E-state index >= 15 is 0 Å². The van der Waals surface area contributed by atoms with Gasteiger partial charge < -0.3 is 14.4 Å². The molecule has 0 saturated heterocycles. The normalized spacial score (nSPS) is 9.62. The maximum atomic E-state index is 11.0. The molecule has 0 aliphatic heterocycles. The van der Waals surface area contributed by atoms with Crippen LogP contribution in [0.2, 0.25) is 0 Å². The molecule has 0 saturated carbocycles. The zero-order valence-corrected chi connectivity index (χ0v) is 6.81. The number of carboxylic acid groups (broad SMARTS) is 1. The highest BCUT2D eigenvalue weighted by Gasteiger charge is 2.22. The summed E-state index contributed by atoms with van der Waals surface area (Å²) < 4.78 is 8.90. The van der Waals surface area contributed by atoms with Crippen molar-refractivity contribution in [1.29, 1.82) is 0 Å². The Balaban J connectivity index is 2.93. The lowest BCUT2D eigenvalue weighted by molar-refractivity contribution is 0.0504. The first-order valence-electron chi connectivity index (χ1n) is 3.51. The molecule has 6 nitrogen and oxygen atoms in total. The monoisotopic (exact) mass is 185 g/mol. The van der Waals surface area contributed by atoms with Gasteiger partial charge in [0, 0.05) is 0 Å². The second-order valence-corrected chi connectivity index (χ2v) is 2.10. The molecule has 1 rings (SSSR count). The fourth-order valence-corrected chi connectivity index (χ4v) is 0.735. The molecule has 1 N–H and O–H groups in total. The Bertz CT molecular complexity index is 329. The van der Waals surface area contributed by atoms with Crippen LogP contribution in [-0.2, 0) is 4.74 Å². The Kier molecular flexibility index (Phi) is 2.63. The highest BCUT2D eigenvalue weighted by atomic mass is 16.5. The maximum absolute atomic E-state index is 11.0. The lowest BCUT2D eigenvalue weighted by Gasteiger charge is -1.96. The zero-order chi connectivity index (χ0) is 9.84. The summed E-state index contributed by atoms with van der Waals surface area (Å²) in [7, 11) is 0. The number of rotatable bonds is 3. The smallest absolute Gasteiger partial charge is 0.361 e. The molecule has 0 fully saturated rings. The highest BCUT2D eigenvalue weighted by Crippen LogP contribution is 2.07. The number of carboxylic acids is 1. The fraction of sp³-hybridized carbons (Fsp3) is 0.286. The largest absolute Gasteiger partial charge is 0.477 e. The quantitative estimate of drug-likeness (QED) is 0.691. The van der Waals surface area contributed by atoms with Crippen molar-refractivity contribution in [2.45, 2.75) is 6.92 Å². The summed E-state index contributed by atoms with van der Waals surface area (Å²) >= 11 is 0. The summed E-state index contributed by atoms with van der Waals surface area (Å²) in [4.78, 5) is 21.5. The fourth-order valence-electron chi connectivity index (χ4n) is 0.735. The second-order valence-electron chi connectivity index (χ2n) is 2.10. The van der Waals surface area contributed by atoms with Crippen LogP contribution in [0.25, 0.3) is 0 Å². The van der Waals surface area contributed by atoms with E-state index in [-0.39, 0.29) is 17.9 Å². The van der Waals surface area contributed by atoms with Crippen LogP contribution >= 0.6 is 0 Å². The van der Waals surface area contributed by atoms with Gasteiger partial charge in [0.1, 0.15) is 11.8 Å². The molecule has 0 aromatic carbocycles. The third-order valence-electron chi connectivity index (χ3n) is 1.27. The number of carbonyl (C=O) groups is 2. The van der Waals surface area contributed by atoms with E-state index < -0.39 is 11.9 Å². The van der Waals surface area contributed by atoms with E-state index in [1.807, 2.05) is 0 Å². The maximum Gasteiger partial charge on any atom is 0.361 e. The predicted molar refractivity (Wildman–Crippen MR) is 39.4 cm³/mol. The topological polar surface area (TPSA) is 89.6 Å². The first-order valence-corrected chi connectivity index (χ1v) is 3.51. The van der Waals surface area contributed by atoms with Crippen molar-refractivity contribution < 1.29 is 24.0 Å². The number of hydrogen-bond donors (Lipinski definition) is 1. The third kappa shape index (κ3) is 1.84. The predicted octanol–water partition coefficient (Wildman–Crippen LogP) is 0.550. The number of aromatic nitrogens is 1. The van der Waals surface area contributed by atoms with Crippen LogP contribution in [-0.4, -0.2) is 28.8 Å². The highest BCUT2D eigenvalue weighted by molar-refractivity contribution is 6.00. The van der Waals surface area contributed by atoms with Crippen molar-refractivity contribution in [3.63, 3.8) is 0 Å². The molecule has 0 bridgehead atoms. The van der Waals surface area contributed by atoms with Crippen molar-refractivity contribution in [2.75, 3.05) is 6.61 Å². The molecule has 0 aliphatic carbocycles. The zero-order valence-electron chi connectivity index (χ0n) is 6.81. The van der Waals surface area contributed by atoms with Crippen LogP contribution in [0.5, 0.6) is 0 Å². The molecule has 0 atom stereocenters. The van der Waals surface area contributed by atoms with Crippen molar-refractivity contribution in [3.8, 4) is 0 Å². The second kappa shape index (κ2) is 3.70. The minimum atomic E-state index is -1.27. The molecule has 1 aromatic rings. The number of hydrogen-bond acceptors (Lipinski definition) is 5. The molecule has 0 spiro atoms. The summed E-state index contributed by atoms with van der Waals surface area (Å²) in [6.45, 7) is 1.77. The summed E-state index contributed by atoms with van der Waals surface area (Å²) in [5, 5.41) is 11.8. The minimum absolute atomic E-state index is 0.157. The number of carbonyl (C=O) groups excluding carboxylic acids is 1. The van der Waals surface area contributed by atoms with Gasteiger partial charge in [-0.15, -0.1) is 0 Å². The Morgan fingerprint density at radius 3 is 2.92 bits per heavy atom. The first-order chi connectivity index (χ1) is 6.16. The Morgan fingerprint density at radius 2 is 2.38 bits per heavy atom. The third-order valence-corrected chi connectivity index (χ3v) is 1.27. The van der Waals surface area contributed by atoms with Gasteiger partial charge in [0.15, 0.2) is 0 Å². The van der Waals surface area contributed by atoms with Crippen LogP contribution in [0, 0.1) is 0 Å². The van der Waals surface area contributed by atoms with Crippen molar-refractivity contribution in [3.05, 3.63) is 17.5 Å². The summed E-state index contributed by atoms with van der Waals surface area (Å²) in [5.41, 5.74) is -0.604. The number of esters is 1. The van der Waals surface area contributed by atoms with Gasteiger partial charge in [0.2, 0.25) is 5.69 Å². The molecule has 0 radical (unpaired) electrons. The van der Waals surface area contributed by atoms with E-state index in [0.717, 1.165) is 6.26 Å². The summed E-state index contributed by atoms with van der Waals surface area (Å²) in [5.74, 6) is -2.07. The van der Waals surface area contributed by atoms with Crippen molar-refractivity contribution in [1.82, 2.24) is 5.16 Å². The molecule has 0 aliphatic rings. The van der Waals surface area contributed by atoms with Crippen LogP contribution in [0.1, 0.15) is 27.8 Å². The molecule has 0 amide bonds. The lowest BCUT2D eigenvalue weighted by atomic mass is 10.2. The molecule has 13 heavy (non-hydrogen) atoms. The van der Waals surface area contributed by atoms with Crippen LogP contribution in [0.4, 0.5) is 0 Å². The number of ether oxygens (including phenoxy) is 1. The van der Waals surface area contributed by atoms with Crippen molar-refractivity contribution in [2.24, 2.45) is 0 Å². The van der Waals surface area contributed by atoms with Crippen molar-refractivity contribution >= 4 is 11.9 Å². The average Bonchev–Trinajstić information content (AvgIpc) is 2.52. The molecular formula is C7H7NO5. The van der Waals surface area contributed by atoms with Gasteiger partial charge in [-0.05, 0) is 6.92 Å².